The van der Waals surface area contributed by atoms with Crippen LogP contribution in [0.15, 0.2) is 37.4 Å². The molecule has 0 radical (unpaired) electrons. The summed E-state index contributed by atoms with van der Waals surface area (Å²) < 4.78 is 13.5. The SMILES string of the molecule is C=CCN(CC=C)C(=O)c1cc(N)c(C)c(F)c1. The van der Waals surface area contributed by atoms with Gasteiger partial charge in [-0.05, 0) is 19.1 Å². The number of rotatable bonds is 5. The molecule has 0 aliphatic carbocycles. The zero-order valence-electron chi connectivity index (χ0n) is 10.4. The van der Waals surface area contributed by atoms with Crippen molar-refractivity contribution in [1.82, 2.24) is 4.90 Å². The van der Waals surface area contributed by atoms with Gasteiger partial charge in [-0.2, -0.15) is 0 Å². The van der Waals surface area contributed by atoms with E-state index in [1.165, 1.54) is 17.0 Å². The zero-order chi connectivity index (χ0) is 13.7. The van der Waals surface area contributed by atoms with E-state index in [4.69, 9.17) is 5.73 Å². The minimum Gasteiger partial charge on any atom is -0.398 e. The molecule has 0 bridgehead atoms. The lowest BCUT2D eigenvalue weighted by Gasteiger charge is -2.19. The van der Waals surface area contributed by atoms with Crippen LogP contribution in [0.1, 0.15) is 15.9 Å². The monoisotopic (exact) mass is 248 g/mol. The fourth-order valence-corrected chi connectivity index (χ4v) is 1.56. The summed E-state index contributed by atoms with van der Waals surface area (Å²) in [7, 11) is 0. The van der Waals surface area contributed by atoms with Crippen molar-refractivity contribution in [3.05, 3.63) is 54.4 Å². The lowest BCUT2D eigenvalue weighted by molar-refractivity contribution is 0.0790. The Morgan fingerprint density at radius 3 is 2.39 bits per heavy atom. The molecule has 0 aliphatic rings. The molecule has 0 spiro atoms. The summed E-state index contributed by atoms with van der Waals surface area (Å²) in [6.45, 7) is 9.49. The van der Waals surface area contributed by atoms with Gasteiger partial charge in [-0.15, -0.1) is 13.2 Å². The maximum atomic E-state index is 13.5. The number of benzene rings is 1. The Bertz CT molecular complexity index is 450. The third-order valence-corrected chi connectivity index (χ3v) is 2.62. The molecule has 0 heterocycles. The summed E-state index contributed by atoms with van der Waals surface area (Å²) in [6, 6.07) is 2.69. The van der Waals surface area contributed by atoms with Crippen molar-refractivity contribution in [2.24, 2.45) is 0 Å². The van der Waals surface area contributed by atoms with Crippen LogP contribution in [0.3, 0.4) is 0 Å². The van der Waals surface area contributed by atoms with E-state index in [1.807, 2.05) is 0 Å². The molecule has 0 fully saturated rings. The number of hydrogen-bond donors (Lipinski definition) is 1. The Morgan fingerprint density at radius 1 is 1.39 bits per heavy atom. The summed E-state index contributed by atoms with van der Waals surface area (Å²) >= 11 is 0. The minimum absolute atomic E-state index is 0.235. The van der Waals surface area contributed by atoms with E-state index in [2.05, 4.69) is 13.2 Å². The highest BCUT2D eigenvalue weighted by Crippen LogP contribution is 2.18. The molecule has 1 amide bonds. The van der Waals surface area contributed by atoms with Crippen LogP contribution in [-0.4, -0.2) is 23.9 Å². The fraction of sp³-hybridized carbons (Fsp3) is 0.214. The molecule has 0 saturated carbocycles. The van der Waals surface area contributed by atoms with Crippen LogP contribution in [0.25, 0.3) is 0 Å². The molecule has 0 aliphatic heterocycles. The first-order valence-corrected chi connectivity index (χ1v) is 5.58. The molecular formula is C14H17FN2O. The minimum atomic E-state index is -0.476. The Labute approximate surface area is 106 Å². The van der Waals surface area contributed by atoms with Crippen LogP contribution in [0.2, 0.25) is 0 Å². The quantitative estimate of drug-likeness (QED) is 0.643. The molecular weight excluding hydrogens is 231 g/mol. The average molecular weight is 248 g/mol. The van der Waals surface area contributed by atoms with Crippen molar-refractivity contribution < 1.29 is 9.18 Å². The van der Waals surface area contributed by atoms with E-state index >= 15 is 0 Å². The fourth-order valence-electron chi connectivity index (χ4n) is 1.56. The van der Waals surface area contributed by atoms with Crippen LogP contribution in [0.5, 0.6) is 0 Å². The van der Waals surface area contributed by atoms with Gasteiger partial charge in [-0.1, -0.05) is 12.2 Å². The van der Waals surface area contributed by atoms with Gasteiger partial charge in [0.25, 0.3) is 5.91 Å². The summed E-state index contributed by atoms with van der Waals surface area (Å²) in [4.78, 5) is 13.7. The summed E-state index contributed by atoms with van der Waals surface area (Å²) in [6.07, 6.45) is 3.21. The Morgan fingerprint density at radius 2 is 1.94 bits per heavy atom. The molecule has 4 heteroatoms. The van der Waals surface area contributed by atoms with Crippen molar-refractivity contribution in [3.63, 3.8) is 0 Å². The zero-order valence-corrected chi connectivity index (χ0v) is 10.4. The lowest BCUT2D eigenvalue weighted by Crippen LogP contribution is -2.31. The predicted octanol–water partition coefficient (Wildman–Crippen LogP) is 2.53. The van der Waals surface area contributed by atoms with Crippen molar-refractivity contribution in [1.29, 1.82) is 0 Å². The van der Waals surface area contributed by atoms with E-state index < -0.39 is 5.82 Å². The molecule has 2 N–H and O–H groups in total. The van der Waals surface area contributed by atoms with Gasteiger partial charge in [0.15, 0.2) is 0 Å². The van der Waals surface area contributed by atoms with E-state index in [0.29, 0.717) is 18.7 Å². The van der Waals surface area contributed by atoms with Crippen LogP contribution in [0.4, 0.5) is 10.1 Å². The molecule has 0 unspecified atom stereocenters. The number of nitrogens with two attached hydrogens (primary N) is 1. The maximum Gasteiger partial charge on any atom is 0.254 e. The second-order valence-electron chi connectivity index (χ2n) is 3.96. The van der Waals surface area contributed by atoms with E-state index in [9.17, 15) is 9.18 Å². The number of carbonyl (C=O) groups excluding carboxylic acids is 1. The van der Waals surface area contributed by atoms with Gasteiger partial charge < -0.3 is 10.6 Å². The van der Waals surface area contributed by atoms with Gasteiger partial charge in [0.2, 0.25) is 0 Å². The van der Waals surface area contributed by atoms with Crippen molar-refractivity contribution in [2.75, 3.05) is 18.8 Å². The van der Waals surface area contributed by atoms with Gasteiger partial charge in [0.05, 0.1) is 0 Å². The van der Waals surface area contributed by atoms with E-state index in [0.717, 1.165) is 0 Å². The van der Waals surface area contributed by atoms with Gasteiger partial charge in [0.1, 0.15) is 5.82 Å². The largest absolute Gasteiger partial charge is 0.398 e. The molecule has 3 nitrogen and oxygen atoms in total. The molecule has 1 aromatic rings. The molecule has 96 valence electrons. The highest BCUT2D eigenvalue weighted by molar-refractivity contribution is 5.95. The summed E-state index contributed by atoms with van der Waals surface area (Å²) in [5, 5.41) is 0. The van der Waals surface area contributed by atoms with E-state index in [1.54, 1.807) is 19.1 Å². The second kappa shape index (κ2) is 6.00. The summed E-state index contributed by atoms with van der Waals surface area (Å²) in [5.74, 6) is -0.768. The normalized spacial score (nSPS) is 9.89. The standard InChI is InChI=1S/C14H17FN2O/c1-4-6-17(7-5-2)14(18)11-8-12(15)10(3)13(16)9-11/h4-5,8-9H,1-2,6-7,16H2,3H3. The molecule has 18 heavy (non-hydrogen) atoms. The van der Waals surface area contributed by atoms with Crippen LogP contribution < -0.4 is 5.73 Å². The van der Waals surface area contributed by atoms with Crippen LogP contribution in [-0.2, 0) is 0 Å². The number of amides is 1. The topological polar surface area (TPSA) is 46.3 Å². The number of nitrogens with zero attached hydrogens (tertiary/aromatic N) is 1. The van der Waals surface area contributed by atoms with Crippen LogP contribution >= 0.6 is 0 Å². The molecule has 0 aromatic heterocycles. The van der Waals surface area contributed by atoms with Gasteiger partial charge >= 0.3 is 0 Å². The second-order valence-corrected chi connectivity index (χ2v) is 3.96. The lowest BCUT2D eigenvalue weighted by atomic mass is 10.1. The van der Waals surface area contributed by atoms with Gasteiger partial charge in [-0.3, -0.25) is 4.79 Å². The Kier molecular flexibility index (Phi) is 4.66. The highest BCUT2D eigenvalue weighted by Gasteiger charge is 2.16. The van der Waals surface area contributed by atoms with Crippen molar-refractivity contribution >= 4 is 11.6 Å². The van der Waals surface area contributed by atoms with Crippen molar-refractivity contribution in [2.45, 2.75) is 6.92 Å². The Balaban J connectivity index is 3.08. The van der Waals surface area contributed by atoms with Gasteiger partial charge in [0, 0.05) is 29.9 Å². The molecule has 1 rings (SSSR count). The number of nitrogen functional groups attached to an aromatic ring is 1. The number of carbonyl (C=O) groups is 1. The van der Waals surface area contributed by atoms with Crippen molar-refractivity contribution in [3.8, 4) is 0 Å². The highest BCUT2D eigenvalue weighted by atomic mass is 19.1. The Hall–Kier alpha value is -2.10. The smallest absolute Gasteiger partial charge is 0.254 e. The first-order chi connectivity index (χ1) is 8.51. The first kappa shape index (κ1) is 14.0. The van der Waals surface area contributed by atoms with E-state index in [-0.39, 0.29) is 17.2 Å². The van der Waals surface area contributed by atoms with Crippen LogP contribution in [0, 0.1) is 12.7 Å². The average Bonchev–Trinajstić information content (AvgIpc) is 2.34. The third kappa shape index (κ3) is 2.97. The summed E-state index contributed by atoms with van der Waals surface area (Å²) in [5.41, 5.74) is 6.52. The number of hydrogen-bond acceptors (Lipinski definition) is 2. The molecule has 0 atom stereocenters. The first-order valence-electron chi connectivity index (χ1n) is 5.58. The number of anilines is 1. The predicted molar refractivity (Wildman–Crippen MR) is 71.8 cm³/mol. The third-order valence-electron chi connectivity index (χ3n) is 2.62. The number of halogens is 1. The maximum absolute atomic E-state index is 13.5. The molecule has 1 aromatic carbocycles. The van der Waals surface area contributed by atoms with Gasteiger partial charge in [-0.25, -0.2) is 4.39 Å². The molecule has 0 saturated heterocycles.